The fourth-order valence-corrected chi connectivity index (χ4v) is 5.59. The van der Waals surface area contributed by atoms with Gasteiger partial charge in [-0.25, -0.2) is 0 Å². The van der Waals surface area contributed by atoms with Crippen molar-refractivity contribution in [2.45, 2.75) is 161 Å². The van der Waals surface area contributed by atoms with Crippen LogP contribution < -0.4 is 4.89 Å². The maximum absolute atomic E-state index is 12.6. The number of carbonyl (C=O) groups is 2. The standard InChI is InChI=1S/C38H72NO8P/c1-6-8-10-12-14-16-18-19-21-23-25-27-29-31-38(41)47-36(35-46-48(42,43)45-33-32-39(3,4)5)34-44-37(40)30-28-26-24-22-20-17-15-13-11-9-7-2/h13,15-16,18,36H,6-12,14,17,19-35H2,1-5H3/b15-13+,18-16+/t36-/m1/s1. The van der Waals surface area contributed by atoms with Crippen LogP contribution in [-0.4, -0.2) is 70.0 Å². The van der Waals surface area contributed by atoms with E-state index in [1.807, 2.05) is 21.1 Å². The normalized spacial score (nSPS) is 14.0. The van der Waals surface area contributed by atoms with E-state index in [2.05, 4.69) is 38.2 Å². The molecule has 2 atom stereocenters. The number of phosphoric ester groups is 1. The summed E-state index contributed by atoms with van der Waals surface area (Å²) < 4.78 is 33.7. The first-order chi connectivity index (χ1) is 23.0. The number of phosphoric acid groups is 1. The van der Waals surface area contributed by atoms with Gasteiger partial charge in [0.2, 0.25) is 0 Å². The lowest BCUT2D eigenvalue weighted by Gasteiger charge is -2.28. The Kier molecular flexibility index (Phi) is 30.5. The number of likely N-dealkylation sites (N-methyl/N-ethyl adjacent to an activating group) is 1. The topological polar surface area (TPSA) is 111 Å². The van der Waals surface area contributed by atoms with Crippen molar-refractivity contribution in [2.24, 2.45) is 0 Å². The van der Waals surface area contributed by atoms with Gasteiger partial charge in [0.05, 0.1) is 27.7 Å². The van der Waals surface area contributed by atoms with Crippen molar-refractivity contribution in [1.29, 1.82) is 0 Å². The van der Waals surface area contributed by atoms with Crippen molar-refractivity contribution in [2.75, 3.05) is 47.5 Å². The van der Waals surface area contributed by atoms with E-state index in [1.54, 1.807) is 0 Å². The molecule has 0 bridgehead atoms. The number of hydrogen-bond donors (Lipinski definition) is 0. The third-order valence-corrected chi connectivity index (χ3v) is 8.91. The van der Waals surface area contributed by atoms with E-state index >= 15 is 0 Å². The Labute approximate surface area is 294 Å². The van der Waals surface area contributed by atoms with Crippen LogP contribution in [0.5, 0.6) is 0 Å². The fourth-order valence-electron chi connectivity index (χ4n) is 4.86. The largest absolute Gasteiger partial charge is 0.756 e. The Hall–Kier alpha value is -1.51. The van der Waals surface area contributed by atoms with Crippen molar-refractivity contribution in [3.05, 3.63) is 24.3 Å². The summed E-state index contributed by atoms with van der Waals surface area (Å²) in [6.45, 7) is 4.13. The maximum atomic E-state index is 12.6. The van der Waals surface area contributed by atoms with Crippen LogP contribution >= 0.6 is 7.82 Å². The van der Waals surface area contributed by atoms with E-state index in [1.165, 1.54) is 44.9 Å². The van der Waals surface area contributed by atoms with Gasteiger partial charge in [0.25, 0.3) is 7.82 Å². The van der Waals surface area contributed by atoms with E-state index in [4.69, 9.17) is 18.5 Å². The molecule has 0 heterocycles. The summed E-state index contributed by atoms with van der Waals surface area (Å²) in [5, 5.41) is 0. The highest BCUT2D eigenvalue weighted by molar-refractivity contribution is 7.45. The Morgan fingerprint density at radius 2 is 1.08 bits per heavy atom. The average molecular weight is 702 g/mol. The van der Waals surface area contributed by atoms with Crippen molar-refractivity contribution in [3.63, 3.8) is 0 Å². The number of nitrogens with zero attached hydrogens (tertiary/aromatic N) is 1. The average Bonchev–Trinajstić information content (AvgIpc) is 3.02. The molecule has 0 N–H and O–H groups in total. The van der Waals surface area contributed by atoms with Crippen LogP contribution in [0.1, 0.15) is 155 Å². The smallest absolute Gasteiger partial charge is 0.306 e. The molecule has 48 heavy (non-hydrogen) atoms. The zero-order valence-electron chi connectivity index (χ0n) is 31.4. The van der Waals surface area contributed by atoms with Crippen LogP contribution in [0, 0.1) is 0 Å². The summed E-state index contributed by atoms with van der Waals surface area (Å²) in [7, 11) is 1.15. The van der Waals surface area contributed by atoms with Gasteiger partial charge in [0.1, 0.15) is 19.8 Å². The summed E-state index contributed by atoms with van der Waals surface area (Å²) in [5.41, 5.74) is 0. The molecule has 0 fully saturated rings. The molecule has 0 aromatic carbocycles. The van der Waals surface area contributed by atoms with Crippen LogP contribution in [0.25, 0.3) is 0 Å². The second-order valence-corrected chi connectivity index (χ2v) is 15.3. The molecule has 10 heteroatoms. The molecule has 0 aromatic rings. The van der Waals surface area contributed by atoms with Crippen molar-refractivity contribution in [1.82, 2.24) is 0 Å². The van der Waals surface area contributed by atoms with E-state index in [9.17, 15) is 19.0 Å². The Bertz CT molecular complexity index is 886. The van der Waals surface area contributed by atoms with Gasteiger partial charge in [0, 0.05) is 12.8 Å². The minimum atomic E-state index is -4.62. The molecule has 0 aromatic heterocycles. The molecule has 0 saturated carbocycles. The van der Waals surface area contributed by atoms with E-state index in [0.717, 1.165) is 77.0 Å². The second-order valence-electron chi connectivity index (χ2n) is 13.9. The monoisotopic (exact) mass is 701 g/mol. The molecule has 1 unspecified atom stereocenters. The van der Waals surface area contributed by atoms with Gasteiger partial charge in [-0.1, -0.05) is 109 Å². The molecule has 0 rings (SSSR count). The Balaban J connectivity index is 4.47. The Morgan fingerprint density at radius 3 is 1.60 bits per heavy atom. The predicted molar refractivity (Wildman–Crippen MR) is 194 cm³/mol. The number of quaternary nitrogens is 1. The lowest BCUT2D eigenvalue weighted by molar-refractivity contribution is -0.870. The van der Waals surface area contributed by atoms with Crippen molar-refractivity contribution >= 4 is 19.8 Å². The predicted octanol–water partition coefficient (Wildman–Crippen LogP) is 9.38. The maximum Gasteiger partial charge on any atom is 0.306 e. The first-order valence-corrected chi connectivity index (χ1v) is 20.5. The number of carbonyl (C=O) groups excluding carboxylic acids is 2. The van der Waals surface area contributed by atoms with E-state index in [-0.39, 0.29) is 26.1 Å². The van der Waals surface area contributed by atoms with Gasteiger partial charge in [-0.2, -0.15) is 0 Å². The molecule has 0 radical (unpaired) electrons. The summed E-state index contributed by atoms with van der Waals surface area (Å²) in [5.74, 6) is -0.858. The number of hydrogen-bond acceptors (Lipinski definition) is 8. The summed E-state index contributed by atoms with van der Waals surface area (Å²) in [6, 6.07) is 0. The molecule has 0 aliphatic carbocycles. The molecule has 0 spiro atoms. The number of esters is 2. The van der Waals surface area contributed by atoms with Crippen LogP contribution in [0.2, 0.25) is 0 Å². The van der Waals surface area contributed by atoms with E-state index in [0.29, 0.717) is 17.4 Å². The zero-order chi connectivity index (χ0) is 35.8. The fraction of sp³-hybridized carbons (Fsp3) is 0.842. The van der Waals surface area contributed by atoms with Crippen LogP contribution in [-0.2, 0) is 32.7 Å². The van der Waals surface area contributed by atoms with E-state index < -0.39 is 32.5 Å². The van der Waals surface area contributed by atoms with Gasteiger partial charge in [-0.05, 0) is 57.8 Å². The molecule has 0 aliphatic heterocycles. The van der Waals surface area contributed by atoms with Gasteiger partial charge < -0.3 is 27.9 Å². The van der Waals surface area contributed by atoms with Crippen molar-refractivity contribution < 1.29 is 42.1 Å². The highest BCUT2D eigenvalue weighted by Gasteiger charge is 2.21. The molecule has 282 valence electrons. The van der Waals surface area contributed by atoms with Crippen molar-refractivity contribution in [3.8, 4) is 0 Å². The molecule has 0 amide bonds. The third-order valence-electron chi connectivity index (χ3n) is 7.94. The SMILES string of the molecule is CCCC/C=C/CCCCCCCC(=O)OC[C@H](COP(=O)([O-])OCC[N+](C)(C)C)OC(=O)CCCCCCC/C=C/CCCCCC. The van der Waals surface area contributed by atoms with Crippen LogP contribution in [0.3, 0.4) is 0 Å². The summed E-state index contributed by atoms with van der Waals surface area (Å²) >= 11 is 0. The molecule has 0 aliphatic rings. The van der Waals surface area contributed by atoms with Crippen LogP contribution in [0.4, 0.5) is 0 Å². The van der Waals surface area contributed by atoms with Gasteiger partial charge in [-0.3, -0.25) is 14.2 Å². The highest BCUT2D eigenvalue weighted by Crippen LogP contribution is 2.38. The lowest BCUT2D eigenvalue weighted by atomic mass is 10.1. The molecule has 9 nitrogen and oxygen atoms in total. The van der Waals surface area contributed by atoms with Crippen LogP contribution in [0.15, 0.2) is 24.3 Å². The molecular formula is C38H72NO8P. The first-order valence-electron chi connectivity index (χ1n) is 19.0. The lowest BCUT2D eigenvalue weighted by Crippen LogP contribution is -2.37. The number of ether oxygens (including phenoxy) is 2. The van der Waals surface area contributed by atoms with Gasteiger partial charge in [-0.15, -0.1) is 0 Å². The van der Waals surface area contributed by atoms with Gasteiger partial charge in [0.15, 0.2) is 6.10 Å². The number of allylic oxidation sites excluding steroid dienone is 4. The quantitative estimate of drug-likeness (QED) is 0.0215. The van der Waals surface area contributed by atoms with Gasteiger partial charge >= 0.3 is 11.9 Å². The minimum absolute atomic E-state index is 0.0330. The number of rotatable bonds is 34. The zero-order valence-corrected chi connectivity index (χ0v) is 32.3. The molecule has 0 saturated heterocycles. The summed E-state index contributed by atoms with van der Waals surface area (Å²) in [4.78, 5) is 37.3. The highest BCUT2D eigenvalue weighted by atomic mass is 31.2. The second kappa shape index (κ2) is 31.5. The summed E-state index contributed by atoms with van der Waals surface area (Å²) in [6.07, 6.45) is 30.6. The first kappa shape index (κ1) is 46.5. The third kappa shape index (κ3) is 34.4. The molecular weight excluding hydrogens is 629 g/mol. The minimum Gasteiger partial charge on any atom is -0.756 e. The Morgan fingerprint density at radius 1 is 0.625 bits per heavy atom. The number of unbranched alkanes of at least 4 members (excludes halogenated alkanes) is 16.